The van der Waals surface area contributed by atoms with Crippen LogP contribution in [0, 0.1) is 11.3 Å². The first kappa shape index (κ1) is 12.6. The molecular formula is C13H12N4O2. The fourth-order valence-electron chi connectivity index (χ4n) is 1.66. The lowest BCUT2D eigenvalue weighted by Crippen LogP contribution is -2.03. The molecule has 0 fully saturated rings. The van der Waals surface area contributed by atoms with Crippen molar-refractivity contribution in [3.05, 3.63) is 29.8 Å². The van der Waals surface area contributed by atoms with Crippen LogP contribution in [-0.4, -0.2) is 24.2 Å². The molecule has 0 spiro atoms. The molecule has 0 saturated heterocycles. The zero-order chi connectivity index (χ0) is 13.8. The van der Waals surface area contributed by atoms with E-state index >= 15 is 0 Å². The molecule has 1 heterocycles. The Morgan fingerprint density at radius 1 is 1.11 bits per heavy atom. The quantitative estimate of drug-likeness (QED) is 0.896. The number of ether oxygens (including phenoxy) is 2. The normalized spacial score (nSPS) is 9.74. The van der Waals surface area contributed by atoms with Crippen molar-refractivity contribution in [3.63, 3.8) is 0 Å². The minimum atomic E-state index is 0.0571. The average Bonchev–Trinajstić information content (AvgIpc) is 2.46. The van der Waals surface area contributed by atoms with E-state index in [0.29, 0.717) is 5.69 Å². The largest absolute Gasteiger partial charge is 0.497 e. The Kier molecular flexibility index (Phi) is 3.48. The van der Waals surface area contributed by atoms with E-state index in [1.807, 2.05) is 6.07 Å². The van der Waals surface area contributed by atoms with E-state index in [9.17, 15) is 5.26 Å². The zero-order valence-electron chi connectivity index (χ0n) is 10.5. The summed E-state index contributed by atoms with van der Waals surface area (Å²) in [6.07, 6.45) is 0. The molecule has 0 bridgehead atoms. The van der Waals surface area contributed by atoms with E-state index in [-0.39, 0.29) is 17.4 Å². The summed E-state index contributed by atoms with van der Waals surface area (Å²) in [4.78, 5) is 7.98. The number of hydrogen-bond donors (Lipinski definition) is 1. The smallest absolute Gasteiger partial charge is 0.236 e. The van der Waals surface area contributed by atoms with Gasteiger partial charge in [-0.3, -0.25) is 0 Å². The number of nitrogens with two attached hydrogens (primary N) is 1. The first-order valence-electron chi connectivity index (χ1n) is 5.45. The summed E-state index contributed by atoms with van der Waals surface area (Å²) >= 11 is 0. The van der Waals surface area contributed by atoms with Gasteiger partial charge in [0.05, 0.1) is 19.9 Å². The third-order valence-electron chi connectivity index (χ3n) is 2.56. The van der Waals surface area contributed by atoms with Crippen molar-refractivity contribution in [2.24, 2.45) is 0 Å². The van der Waals surface area contributed by atoms with Gasteiger partial charge in [-0.25, -0.2) is 4.98 Å². The van der Waals surface area contributed by atoms with Crippen molar-refractivity contribution in [2.75, 3.05) is 20.0 Å². The van der Waals surface area contributed by atoms with Crippen LogP contribution in [0.15, 0.2) is 24.3 Å². The van der Waals surface area contributed by atoms with Crippen LogP contribution in [0.5, 0.6) is 11.6 Å². The van der Waals surface area contributed by atoms with Gasteiger partial charge in [-0.1, -0.05) is 0 Å². The monoisotopic (exact) mass is 256 g/mol. The second-order valence-electron chi connectivity index (χ2n) is 3.65. The first-order chi connectivity index (χ1) is 9.19. The van der Waals surface area contributed by atoms with Crippen LogP contribution in [0.4, 0.5) is 5.95 Å². The highest BCUT2D eigenvalue weighted by molar-refractivity contribution is 5.70. The highest BCUT2D eigenvalue weighted by Gasteiger charge is 2.15. The SMILES string of the molecule is COc1ccc(-c2nc(N)nc(OC)c2C#N)cc1. The van der Waals surface area contributed by atoms with Crippen LogP contribution < -0.4 is 15.2 Å². The molecular weight excluding hydrogens is 244 g/mol. The van der Waals surface area contributed by atoms with E-state index in [4.69, 9.17) is 15.2 Å². The number of nitrogen functional groups attached to an aromatic ring is 1. The number of nitrogens with zero attached hydrogens (tertiary/aromatic N) is 3. The van der Waals surface area contributed by atoms with Gasteiger partial charge >= 0.3 is 0 Å². The van der Waals surface area contributed by atoms with Crippen molar-refractivity contribution in [1.82, 2.24) is 9.97 Å². The van der Waals surface area contributed by atoms with Crippen LogP contribution in [0.1, 0.15) is 5.56 Å². The van der Waals surface area contributed by atoms with Crippen LogP contribution in [0.25, 0.3) is 11.3 Å². The zero-order valence-corrected chi connectivity index (χ0v) is 10.5. The molecule has 2 N–H and O–H groups in total. The molecule has 0 aliphatic heterocycles. The molecule has 6 nitrogen and oxygen atoms in total. The fraction of sp³-hybridized carbons (Fsp3) is 0.154. The van der Waals surface area contributed by atoms with E-state index < -0.39 is 0 Å². The minimum absolute atomic E-state index is 0.0571. The van der Waals surface area contributed by atoms with Gasteiger partial charge in [-0.15, -0.1) is 0 Å². The lowest BCUT2D eigenvalue weighted by atomic mass is 10.1. The second-order valence-corrected chi connectivity index (χ2v) is 3.65. The van der Waals surface area contributed by atoms with Gasteiger partial charge in [0.2, 0.25) is 11.8 Å². The van der Waals surface area contributed by atoms with E-state index in [0.717, 1.165) is 11.3 Å². The molecule has 0 atom stereocenters. The van der Waals surface area contributed by atoms with Gasteiger partial charge < -0.3 is 15.2 Å². The molecule has 0 aliphatic rings. The molecule has 0 unspecified atom stereocenters. The summed E-state index contributed by atoms with van der Waals surface area (Å²) in [6, 6.07) is 9.18. The maximum absolute atomic E-state index is 9.21. The standard InChI is InChI=1S/C13H12N4O2/c1-18-9-5-3-8(4-6-9)11-10(7-14)12(19-2)17-13(15)16-11/h3-6H,1-2H3,(H2,15,16,17). The highest BCUT2D eigenvalue weighted by Crippen LogP contribution is 2.28. The van der Waals surface area contributed by atoms with E-state index in [1.165, 1.54) is 7.11 Å². The Morgan fingerprint density at radius 2 is 1.79 bits per heavy atom. The van der Waals surface area contributed by atoms with Crippen LogP contribution in [0.3, 0.4) is 0 Å². The van der Waals surface area contributed by atoms with E-state index in [2.05, 4.69) is 9.97 Å². The van der Waals surface area contributed by atoms with Gasteiger partial charge in [-0.05, 0) is 24.3 Å². The van der Waals surface area contributed by atoms with Gasteiger partial charge in [0, 0.05) is 5.56 Å². The maximum atomic E-state index is 9.21. The predicted molar refractivity (Wildman–Crippen MR) is 69.7 cm³/mol. The molecule has 1 aromatic heterocycles. The number of hydrogen-bond acceptors (Lipinski definition) is 6. The predicted octanol–water partition coefficient (Wildman–Crippen LogP) is 1.61. The molecule has 0 aliphatic carbocycles. The number of aromatic nitrogens is 2. The van der Waals surface area contributed by atoms with Crippen molar-refractivity contribution in [1.29, 1.82) is 5.26 Å². The Bertz CT molecular complexity index is 632. The molecule has 19 heavy (non-hydrogen) atoms. The number of nitriles is 1. The first-order valence-corrected chi connectivity index (χ1v) is 5.45. The summed E-state index contributed by atoms with van der Waals surface area (Å²) in [6.45, 7) is 0. The van der Waals surface area contributed by atoms with Crippen molar-refractivity contribution >= 4 is 5.95 Å². The summed E-state index contributed by atoms with van der Waals surface area (Å²) in [5.74, 6) is 0.943. The Morgan fingerprint density at radius 3 is 2.32 bits per heavy atom. The van der Waals surface area contributed by atoms with Crippen LogP contribution in [-0.2, 0) is 0 Å². The third-order valence-corrected chi connectivity index (χ3v) is 2.56. The number of benzene rings is 1. The van der Waals surface area contributed by atoms with Gasteiger partial charge in [0.15, 0.2) is 0 Å². The molecule has 0 saturated carbocycles. The molecule has 6 heteroatoms. The highest BCUT2D eigenvalue weighted by atomic mass is 16.5. The van der Waals surface area contributed by atoms with Crippen molar-refractivity contribution in [2.45, 2.75) is 0 Å². The number of anilines is 1. The Balaban J connectivity index is 2.60. The van der Waals surface area contributed by atoms with Crippen molar-refractivity contribution in [3.8, 4) is 29.0 Å². The summed E-state index contributed by atoms with van der Waals surface area (Å²) in [7, 11) is 3.02. The number of methoxy groups -OCH3 is 2. The van der Waals surface area contributed by atoms with Gasteiger partial charge in [0.25, 0.3) is 0 Å². The summed E-state index contributed by atoms with van der Waals surface area (Å²) < 4.78 is 10.1. The molecule has 2 aromatic rings. The molecule has 96 valence electrons. The molecule has 2 rings (SSSR count). The minimum Gasteiger partial charge on any atom is -0.497 e. The Hall–Kier alpha value is -2.81. The fourth-order valence-corrected chi connectivity index (χ4v) is 1.66. The van der Waals surface area contributed by atoms with E-state index in [1.54, 1.807) is 31.4 Å². The maximum Gasteiger partial charge on any atom is 0.236 e. The lowest BCUT2D eigenvalue weighted by Gasteiger charge is -2.08. The van der Waals surface area contributed by atoms with Crippen molar-refractivity contribution < 1.29 is 9.47 Å². The molecule has 0 amide bonds. The second kappa shape index (κ2) is 5.23. The van der Waals surface area contributed by atoms with Gasteiger partial charge in [0.1, 0.15) is 17.4 Å². The third kappa shape index (κ3) is 2.40. The van der Waals surface area contributed by atoms with Crippen LogP contribution >= 0.6 is 0 Å². The Labute approximate surface area is 110 Å². The van der Waals surface area contributed by atoms with Gasteiger partial charge in [-0.2, -0.15) is 10.2 Å². The summed E-state index contributed by atoms with van der Waals surface area (Å²) in [5, 5.41) is 9.21. The number of rotatable bonds is 3. The molecule has 0 radical (unpaired) electrons. The topological polar surface area (TPSA) is 94.1 Å². The average molecular weight is 256 g/mol. The summed E-state index contributed by atoms with van der Waals surface area (Å²) in [5.41, 5.74) is 7.05. The lowest BCUT2D eigenvalue weighted by molar-refractivity contribution is 0.396. The van der Waals surface area contributed by atoms with Crippen LogP contribution in [0.2, 0.25) is 0 Å². The molecule has 1 aromatic carbocycles.